The Morgan fingerprint density at radius 2 is 1.55 bits per heavy atom. The summed E-state index contributed by atoms with van der Waals surface area (Å²) in [7, 11) is 1.00. The van der Waals surface area contributed by atoms with Crippen LogP contribution in [-0.2, 0) is 6.42 Å². The summed E-state index contributed by atoms with van der Waals surface area (Å²) in [6.45, 7) is 4.28. The summed E-state index contributed by atoms with van der Waals surface area (Å²) in [4.78, 5) is 0. The van der Waals surface area contributed by atoms with Gasteiger partial charge in [-0.05, 0) is 18.9 Å². The molecule has 1 rings (SSSR count). The van der Waals surface area contributed by atoms with Crippen molar-refractivity contribution < 1.29 is 5.11 Å². The van der Waals surface area contributed by atoms with Crippen LogP contribution in [0.1, 0.15) is 18.1 Å². The molecule has 11 heavy (non-hydrogen) atoms. The minimum Gasteiger partial charge on any atom is -0.400 e. The van der Waals surface area contributed by atoms with Crippen molar-refractivity contribution in [3.05, 3.63) is 35.4 Å². The van der Waals surface area contributed by atoms with Crippen LogP contribution >= 0.6 is 0 Å². The molecule has 0 saturated carbocycles. The molecule has 62 valence electrons. The zero-order valence-corrected chi connectivity index (χ0v) is 7.46. The van der Waals surface area contributed by atoms with Gasteiger partial charge in [0.05, 0.1) is 0 Å². The number of rotatable bonds is 1. The monoisotopic (exact) mass is 152 g/mol. The fourth-order valence-electron chi connectivity index (χ4n) is 0.824. The van der Waals surface area contributed by atoms with Crippen molar-refractivity contribution in [3.63, 3.8) is 0 Å². The van der Waals surface area contributed by atoms with E-state index in [0.717, 1.165) is 13.5 Å². The number of hydrogen-bond donors (Lipinski definition) is 1. The van der Waals surface area contributed by atoms with E-state index < -0.39 is 0 Å². The SMILES string of the molecule is CCc1ccc(C)cc1.CO. The van der Waals surface area contributed by atoms with Crippen LogP contribution in [0.4, 0.5) is 0 Å². The van der Waals surface area contributed by atoms with Gasteiger partial charge in [-0.1, -0.05) is 36.8 Å². The highest BCUT2D eigenvalue weighted by Crippen LogP contribution is 2.02. The molecule has 0 bridgehead atoms. The van der Waals surface area contributed by atoms with Gasteiger partial charge in [-0.15, -0.1) is 0 Å². The molecule has 1 aromatic rings. The Labute approximate surface area is 68.7 Å². The Kier molecular flexibility index (Phi) is 5.49. The first kappa shape index (κ1) is 10.2. The van der Waals surface area contributed by atoms with Crippen molar-refractivity contribution in [2.45, 2.75) is 20.3 Å². The summed E-state index contributed by atoms with van der Waals surface area (Å²) in [6, 6.07) is 8.66. The lowest BCUT2D eigenvalue weighted by Crippen LogP contribution is -1.77. The summed E-state index contributed by atoms with van der Waals surface area (Å²) < 4.78 is 0. The van der Waals surface area contributed by atoms with Crippen LogP contribution in [-0.4, -0.2) is 12.2 Å². The van der Waals surface area contributed by atoms with E-state index in [0.29, 0.717) is 0 Å². The van der Waals surface area contributed by atoms with Crippen LogP contribution in [0.2, 0.25) is 0 Å². The van der Waals surface area contributed by atoms with Crippen LogP contribution < -0.4 is 0 Å². The first-order valence-electron chi connectivity index (χ1n) is 3.83. The maximum absolute atomic E-state index is 7.00. The fraction of sp³-hybridized carbons (Fsp3) is 0.400. The van der Waals surface area contributed by atoms with Crippen molar-refractivity contribution in [1.82, 2.24) is 0 Å². The Morgan fingerprint density at radius 1 is 1.09 bits per heavy atom. The number of aliphatic hydroxyl groups is 1. The average Bonchev–Trinajstić information content (AvgIpc) is 2.10. The van der Waals surface area contributed by atoms with E-state index in [2.05, 4.69) is 38.1 Å². The van der Waals surface area contributed by atoms with Gasteiger partial charge in [0.2, 0.25) is 0 Å². The van der Waals surface area contributed by atoms with Gasteiger partial charge >= 0.3 is 0 Å². The highest BCUT2D eigenvalue weighted by Gasteiger charge is 1.84. The van der Waals surface area contributed by atoms with Gasteiger partial charge in [-0.2, -0.15) is 0 Å². The van der Waals surface area contributed by atoms with Crippen LogP contribution in [0.15, 0.2) is 24.3 Å². The maximum Gasteiger partial charge on any atom is 0.0319 e. The standard InChI is InChI=1S/C9H12.CH4O/c1-3-9-6-4-8(2)5-7-9;1-2/h4-7H,3H2,1-2H3;2H,1H3. The van der Waals surface area contributed by atoms with Crippen LogP contribution in [0.3, 0.4) is 0 Å². The molecular weight excluding hydrogens is 136 g/mol. The Morgan fingerprint density at radius 3 is 1.91 bits per heavy atom. The van der Waals surface area contributed by atoms with Crippen molar-refractivity contribution >= 4 is 0 Å². The van der Waals surface area contributed by atoms with E-state index in [-0.39, 0.29) is 0 Å². The lowest BCUT2D eigenvalue weighted by Gasteiger charge is -1.94. The molecule has 0 saturated heterocycles. The Balaban J connectivity index is 0.000000461. The van der Waals surface area contributed by atoms with Crippen LogP contribution in [0.5, 0.6) is 0 Å². The molecule has 1 heteroatoms. The molecule has 0 aromatic heterocycles. The zero-order valence-electron chi connectivity index (χ0n) is 7.46. The summed E-state index contributed by atoms with van der Waals surface area (Å²) in [6.07, 6.45) is 1.14. The molecule has 0 aliphatic rings. The normalized spacial score (nSPS) is 8.36. The minimum absolute atomic E-state index is 1.00. The summed E-state index contributed by atoms with van der Waals surface area (Å²) >= 11 is 0. The molecule has 0 amide bonds. The average molecular weight is 152 g/mol. The van der Waals surface area contributed by atoms with Crippen LogP contribution in [0, 0.1) is 6.92 Å². The smallest absolute Gasteiger partial charge is 0.0319 e. The second-order valence-corrected chi connectivity index (χ2v) is 2.34. The number of benzene rings is 1. The largest absolute Gasteiger partial charge is 0.400 e. The van der Waals surface area contributed by atoms with Crippen LogP contribution in [0.25, 0.3) is 0 Å². The summed E-state index contributed by atoms with van der Waals surface area (Å²) in [5.41, 5.74) is 2.76. The van der Waals surface area contributed by atoms with Gasteiger partial charge in [0.15, 0.2) is 0 Å². The van der Waals surface area contributed by atoms with Crippen molar-refractivity contribution in [2.75, 3.05) is 7.11 Å². The first-order chi connectivity index (χ1) is 5.33. The van der Waals surface area contributed by atoms with E-state index in [1.54, 1.807) is 0 Å². The van der Waals surface area contributed by atoms with Crippen molar-refractivity contribution in [3.8, 4) is 0 Å². The van der Waals surface area contributed by atoms with Gasteiger partial charge in [-0.3, -0.25) is 0 Å². The zero-order chi connectivity index (χ0) is 8.69. The number of aryl methyl sites for hydroxylation is 2. The Hall–Kier alpha value is -0.820. The topological polar surface area (TPSA) is 20.2 Å². The minimum atomic E-state index is 1.00. The van der Waals surface area contributed by atoms with E-state index >= 15 is 0 Å². The highest BCUT2D eigenvalue weighted by atomic mass is 16.2. The molecule has 0 radical (unpaired) electrons. The van der Waals surface area contributed by atoms with E-state index in [9.17, 15) is 0 Å². The third-order valence-corrected chi connectivity index (χ3v) is 1.53. The molecule has 0 aliphatic heterocycles. The van der Waals surface area contributed by atoms with E-state index in [4.69, 9.17) is 5.11 Å². The number of aliphatic hydroxyl groups excluding tert-OH is 1. The first-order valence-corrected chi connectivity index (χ1v) is 3.83. The third kappa shape index (κ3) is 3.79. The predicted octanol–water partition coefficient (Wildman–Crippen LogP) is 2.17. The molecule has 0 fully saturated rings. The lowest BCUT2D eigenvalue weighted by molar-refractivity contribution is 0.399. The van der Waals surface area contributed by atoms with Crippen molar-refractivity contribution in [1.29, 1.82) is 0 Å². The molecular formula is C10H16O. The molecule has 1 nitrogen and oxygen atoms in total. The lowest BCUT2D eigenvalue weighted by atomic mass is 10.1. The summed E-state index contributed by atoms with van der Waals surface area (Å²) in [5.74, 6) is 0. The highest BCUT2D eigenvalue weighted by molar-refractivity contribution is 5.20. The summed E-state index contributed by atoms with van der Waals surface area (Å²) in [5, 5.41) is 7.00. The molecule has 0 spiro atoms. The second kappa shape index (κ2) is 5.93. The quantitative estimate of drug-likeness (QED) is 0.654. The van der Waals surface area contributed by atoms with Gasteiger partial charge < -0.3 is 5.11 Å². The molecule has 0 heterocycles. The maximum atomic E-state index is 7.00. The van der Waals surface area contributed by atoms with E-state index in [1.165, 1.54) is 11.1 Å². The molecule has 0 aliphatic carbocycles. The molecule has 1 aromatic carbocycles. The fourth-order valence-corrected chi connectivity index (χ4v) is 0.824. The van der Waals surface area contributed by atoms with Gasteiger partial charge in [-0.25, -0.2) is 0 Å². The molecule has 0 atom stereocenters. The van der Waals surface area contributed by atoms with Crippen molar-refractivity contribution in [2.24, 2.45) is 0 Å². The van der Waals surface area contributed by atoms with Gasteiger partial charge in [0.25, 0.3) is 0 Å². The number of hydrogen-bond acceptors (Lipinski definition) is 1. The van der Waals surface area contributed by atoms with Gasteiger partial charge in [0, 0.05) is 7.11 Å². The molecule has 0 unspecified atom stereocenters. The predicted molar refractivity (Wildman–Crippen MR) is 48.7 cm³/mol. The second-order valence-electron chi connectivity index (χ2n) is 2.34. The Bertz CT molecular complexity index is 177. The molecule has 1 N–H and O–H groups in total. The van der Waals surface area contributed by atoms with E-state index in [1.807, 2.05) is 0 Å². The van der Waals surface area contributed by atoms with Gasteiger partial charge in [0.1, 0.15) is 0 Å². The third-order valence-electron chi connectivity index (χ3n) is 1.53.